The maximum atomic E-state index is 2.43. The molecule has 2 aliphatic carbocycles. The SMILES string of the molecule is CC1(C)c2ccccc2-c2ccc(N(c3ccc(-c4ccccc4-c4ccc(-c5ccccc5)cc4)cc3)c3ccc(-c4cccc5c4C(C)(C)c4ccccc4-5)cc3)cc21. The molecule has 0 atom stereocenters. The van der Waals surface area contributed by atoms with E-state index in [-0.39, 0.29) is 10.8 Å². The highest BCUT2D eigenvalue weighted by Gasteiger charge is 2.38. The molecule has 11 rings (SSSR count). The van der Waals surface area contributed by atoms with E-state index in [1.165, 1.54) is 89.0 Å². The molecule has 0 N–H and O–H groups in total. The lowest BCUT2D eigenvalue weighted by molar-refractivity contribution is 0.660. The van der Waals surface area contributed by atoms with Gasteiger partial charge in [0.05, 0.1) is 0 Å². The standard InChI is InChI=1S/C60H47N/c1-59(2)55-23-12-10-19-51(55)53-38-37-47(39-57(53)59)61(46-35-31-44(32-36-46)50-21-14-22-54-52-20-11-13-24-56(52)60(3,4)58(50)54)45-33-29-43(30-34-45)49-18-9-8-17-48(49)42-27-25-41(26-28-42)40-15-6-5-7-16-40/h5-39H,1-4H3. The smallest absolute Gasteiger partial charge is 0.0465 e. The molecule has 0 heterocycles. The van der Waals surface area contributed by atoms with Gasteiger partial charge in [0.25, 0.3) is 0 Å². The normalized spacial score (nSPS) is 13.8. The Kier molecular flexibility index (Phi) is 8.58. The lowest BCUT2D eigenvalue weighted by Crippen LogP contribution is -2.16. The van der Waals surface area contributed by atoms with Gasteiger partial charge in [0.15, 0.2) is 0 Å². The van der Waals surface area contributed by atoms with Gasteiger partial charge in [-0.25, -0.2) is 0 Å². The van der Waals surface area contributed by atoms with E-state index >= 15 is 0 Å². The fourth-order valence-corrected chi connectivity index (χ4v) is 10.4. The number of anilines is 3. The Morgan fingerprint density at radius 2 is 0.656 bits per heavy atom. The molecule has 0 saturated carbocycles. The second kappa shape index (κ2) is 14.2. The van der Waals surface area contributed by atoms with Crippen molar-refractivity contribution in [1.82, 2.24) is 0 Å². The van der Waals surface area contributed by atoms with Crippen LogP contribution in [-0.2, 0) is 10.8 Å². The Labute approximate surface area is 360 Å². The first-order chi connectivity index (χ1) is 29.8. The van der Waals surface area contributed by atoms with Gasteiger partial charge in [0.1, 0.15) is 0 Å². The third-order valence-corrected chi connectivity index (χ3v) is 13.5. The molecule has 0 aliphatic heterocycles. The summed E-state index contributed by atoms with van der Waals surface area (Å²) in [6.07, 6.45) is 0. The van der Waals surface area contributed by atoms with E-state index in [0.717, 1.165) is 17.1 Å². The first kappa shape index (κ1) is 36.8. The Hall–Kier alpha value is -7.22. The largest absolute Gasteiger partial charge is 0.310 e. The third-order valence-electron chi connectivity index (χ3n) is 13.5. The topological polar surface area (TPSA) is 3.24 Å². The number of benzene rings is 9. The second-order valence-corrected chi connectivity index (χ2v) is 17.7. The zero-order chi connectivity index (χ0) is 41.3. The van der Waals surface area contributed by atoms with E-state index < -0.39 is 0 Å². The molecule has 9 aromatic carbocycles. The lowest BCUT2D eigenvalue weighted by Gasteiger charge is -2.29. The molecule has 0 unspecified atom stereocenters. The van der Waals surface area contributed by atoms with Gasteiger partial charge in [-0.1, -0.05) is 204 Å². The summed E-state index contributed by atoms with van der Waals surface area (Å²) in [5.74, 6) is 0. The molecule has 0 radical (unpaired) electrons. The van der Waals surface area contributed by atoms with Crippen LogP contribution in [0.2, 0.25) is 0 Å². The zero-order valence-electron chi connectivity index (χ0n) is 35.2. The highest BCUT2D eigenvalue weighted by molar-refractivity contribution is 5.91. The predicted molar refractivity (Wildman–Crippen MR) is 258 cm³/mol. The van der Waals surface area contributed by atoms with Crippen molar-refractivity contribution in [2.24, 2.45) is 0 Å². The molecule has 1 heteroatoms. The number of nitrogens with zero attached hydrogens (tertiary/aromatic N) is 1. The molecule has 9 aromatic rings. The van der Waals surface area contributed by atoms with Crippen LogP contribution in [-0.4, -0.2) is 0 Å². The summed E-state index contributed by atoms with van der Waals surface area (Å²) in [7, 11) is 0. The van der Waals surface area contributed by atoms with Gasteiger partial charge in [-0.05, 0) is 125 Å². The Morgan fingerprint density at radius 1 is 0.262 bits per heavy atom. The van der Waals surface area contributed by atoms with Gasteiger partial charge in [-0.2, -0.15) is 0 Å². The molecule has 0 bridgehead atoms. The van der Waals surface area contributed by atoms with Crippen LogP contribution in [0.1, 0.15) is 49.9 Å². The summed E-state index contributed by atoms with van der Waals surface area (Å²) in [5, 5.41) is 0. The molecule has 0 saturated heterocycles. The lowest BCUT2D eigenvalue weighted by atomic mass is 9.79. The van der Waals surface area contributed by atoms with Crippen LogP contribution >= 0.6 is 0 Å². The fourth-order valence-electron chi connectivity index (χ4n) is 10.4. The second-order valence-electron chi connectivity index (χ2n) is 17.7. The summed E-state index contributed by atoms with van der Waals surface area (Å²) in [4.78, 5) is 2.43. The van der Waals surface area contributed by atoms with E-state index in [1.807, 2.05) is 0 Å². The van der Waals surface area contributed by atoms with Crippen molar-refractivity contribution < 1.29 is 0 Å². The quantitative estimate of drug-likeness (QED) is 0.156. The van der Waals surface area contributed by atoms with Gasteiger partial charge >= 0.3 is 0 Å². The Bertz CT molecular complexity index is 3100. The van der Waals surface area contributed by atoms with E-state index in [2.05, 4.69) is 245 Å². The van der Waals surface area contributed by atoms with Crippen LogP contribution in [0.5, 0.6) is 0 Å². The number of hydrogen-bond acceptors (Lipinski definition) is 1. The van der Waals surface area contributed by atoms with Crippen molar-refractivity contribution >= 4 is 17.1 Å². The van der Waals surface area contributed by atoms with Gasteiger partial charge in [0.2, 0.25) is 0 Å². The van der Waals surface area contributed by atoms with Gasteiger partial charge in [0, 0.05) is 27.9 Å². The van der Waals surface area contributed by atoms with Crippen molar-refractivity contribution in [2.45, 2.75) is 38.5 Å². The van der Waals surface area contributed by atoms with E-state index in [9.17, 15) is 0 Å². The maximum Gasteiger partial charge on any atom is 0.0465 e. The number of hydrogen-bond donors (Lipinski definition) is 0. The minimum atomic E-state index is -0.109. The first-order valence-corrected chi connectivity index (χ1v) is 21.5. The molecule has 0 fully saturated rings. The molecular weight excluding hydrogens is 735 g/mol. The van der Waals surface area contributed by atoms with Crippen LogP contribution in [0, 0.1) is 0 Å². The minimum absolute atomic E-state index is 0.0893. The van der Waals surface area contributed by atoms with Crippen molar-refractivity contribution in [3.05, 3.63) is 235 Å². The van der Waals surface area contributed by atoms with Crippen LogP contribution in [0.4, 0.5) is 17.1 Å². The molecule has 292 valence electrons. The Morgan fingerprint density at radius 3 is 1.26 bits per heavy atom. The fraction of sp³-hybridized carbons (Fsp3) is 0.100. The van der Waals surface area contributed by atoms with Crippen molar-refractivity contribution in [1.29, 1.82) is 0 Å². The van der Waals surface area contributed by atoms with Gasteiger partial charge in [-0.3, -0.25) is 0 Å². The van der Waals surface area contributed by atoms with Crippen molar-refractivity contribution in [3.8, 4) is 66.8 Å². The molecule has 2 aliphatic rings. The highest BCUT2D eigenvalue weighted by atomic mass is 15.1. The predicted octanol–water partition coefficient (Wildman–Crippen LogP) is 16.4. The molecular formula is C60H47N. The first-order valence-electron chi connectivity index (χ1n) is 21.5. The van der Waals surface area contributed by atoms with Gasteiger partial charge < -0.3 is 4.90 Å². The van der Waals surface area contributed by atoms with Crippen LogP contribution in [0.15, 0.2) is 212 Å². The summed E-state index contributed by atoms with van der Waals surface area (Å²) in [6.45, 7) is 9.46. The highest BCUT2D eigenvalue weighted by Crippen LogP contribution is 2.53. The molecule has 1 nitrogen and oxygen atoms in total. The average Bonchev–Trinajstić information content (AvgIpc) is 3.69. The van der Waals surface area contributed by atoms with Crippen LogP contribution in [0.3, 0.4) is 0 Å². The number of fused-ring (bicyclic) bond motifs is 6. The van der Waals surface area contributed by atoms with Gasteiger partial charge in [-0.15, -0.1) is 0 Å². The van der Waals surface area contributed by atoms with Crippen molar-refractivity contribution in [2.75, 3.05) is 4.90 Å². The molecule has 0 spiro atoms. The molecule has 61 heavy (non-hydrogen) atoms. The number of rotatable bonds is 7. The van der Waals surface area contributed by atoms with Crippen molar-refractivity contribution in [3.63, 3.8) is 0 Å². The zero-order valence-corrected chi connectivity index (χ0v) is 35.2. The summed E-state index contributed by atoms with van der Waals surface area (Å²) < 4.78 is 0. The molecule has 0 amide bonds. The van der Waals surface area contributed by atoms with Crippen LogP contribution < -0.4 is 4.90 Å². The van der Waals surface area contributed by atoms with E-state index in [0.29, 0.717) is 0 Å². The monoisotopic (exact) mass is 781 g/mol. The minimum Gasteiger partial charge on any atom is -0.310 e. The Balaban J connectivity index is 0.989. The summed E-state index contributed by atoms with van der Waals surface area (Å²) in [5.41, 5.74) is 23.9. The van der Waals surface area contributed by atoms with Crippen LogP contribution in [0.25, 0.3) is 66.8 Å². The average molecular weight is 782 g/mol. The summed E-state index contributed by atoms with van der Waals surface area (Å²) >= 11 is 0. The maximum absolute atomic E-state index is 2.43. The molecule has 0 aromatic heterocycles. The summed E-state index contributed by atoms with van der Waals surface area (Å²) in [6, 6.07) is 78.4. The third kappa shape index (κ3) is 5.99. The van der Waals surface area contributed by atoms with E-state index in [1.54, 1.807) is 0 Å². The van der Waals surface area contributed by atoms with E-state index in [4.69, 9.17) is 0 Å².